The van der Waals surface area contributed by atoms with Crippen molar-refractivity contribution in [2.45, 2.75) is 5.16 Å². The fourth-order valence-corrected chi connectivity index (χ4v) is 2.08. The Morgan fingerprint density at radius 3 is 3.08 bits per heavy atom. The summed E-state index contributed by atoms with van der Waals surface area (Å²) in [6.07, 6.45) is 5.63. The Hall–Kier alpha value is -0.300. The quantitative estimate of drug-likeness (QED) is 0.595. The first-order valence-corrected chi connectivity index (χ1v) is 5.64. The highest BCUT2D eigenvalue weighted by Gasteiger charge is 2.01. The Morgan fingerprint density at radius 1 is 1.50 bits per heavy atom. The second kappa shape index (κ2) is 3.21. The lowest BCUT2D eigenvalue weighted by Crippen LogP contribution is -1.92. The van der Waals surface area contributed by atoms with E-state index in [9.17, 15) is 0 Å². The molecule has 62 valence electrons. The van der Waals surface area contributed by atoms with Crippen molar-refractivity contribution < 1.29 is 0 Å². The zero-order chi connectivity index (χ0) is 8.55. The minimum absolute atomic E-state index is 0.957. The molecular weight excluding hydrogens is 285 g/mol. The minimum atomic E-state index is 0.957. The molecule has 0 fully saturated rings. The summed E-state index contributed by atoms with van der Waals surface area (Å²) in [5.41, 5.74) is 0.957. The predicted molar refractivity (Wildman–Crippen MR) is 57.5 cm³/mol. The fourth-order valence-electron chi connectivity index (χ4n) is 1.02. The monoisotopic (exact) mass is 291 g/mol. The van der Waals surface area contributed by atoms with Crippen molar-refractivity contribution in [2.24, 2.45) is 0 Å². The molecule has 0 aromatic carbocycles. The highest BCUT2D eigenvalue weighted by molar-refractivity contribution is 14.1. The maximum Gasteiger partial charge on any atom is 0.175 e. The number of thioether (sulfide) groups is 1. The second-order valence-corrected chi connectivity index (χ2v) is 4.27. The molecule has 5 heteroatoms. The van der Waals surface area contributed by atoms with Crippen molar-refractivity contribution in [3.8, 4) is 0 Å². The van der Waals surface area contributed by atoms with Gasteiger partial charge in [-0.25, -0.2) is 9.97 Å². The van der Waals surface area contributed by atoms with Gasteiger partial charge in [0.25, 0.3) is 0 Å². The average Bonchev–Trinajstić information content (AvgIpc) is 2.44. The van der Waals surface area contributed by atoms with E-state index in [4.69, 9.17) is 0 Å². The van der Waals surface area contributed by atoms with Gasteiger partial charge in [-0.05, 0) is 34.9 Å². The minimum Gasteiger partial charge on any atom is -0.279 e. The fraction of sp³-hybridized carbons (Fsp3) is 0.143. The van der Waals surface area contributed by atoms with Gasteiger partial charge >= 0.3 is 0 Å². The number of nitrogens with zero attached hydrogens (tertiary/aromatic N) is 3. The van der Waals surface area contributed by atoms with E-state index >= 15 is 0 Å². The van der Waals surface area contributed by atoms with E-state index < -0.39 is 0 Å². The molecule has 0 unspecified atom stereocenters. The molecule has 0 N–H and O–H groups in total. The van der Waals surface area contributed by atoms with Gasteiger partial charge in [0.05, 0.1) is 0 Å². The largest absolute Gasteiger partial charge is 0.279 e. The van der Waals surface area contributed by atoms with Gasteiger partial charge in [0.2, 0.25) is 0 Å². The van der Waals surface area contributed by atoms with Crippen molar-refractivity contribution in [3.05, 3.63) is 22.2 Å². The van der Waals surface area contributed by atoms with Crippen LogP contribution in [0.3, 0.4) is 0 Å². The molecule has 2 aromatic rings. The molecule has 0 radical (unpaired) electrons. The van der Waals surface area contributed by atoms with Crippen LogP contribution in [0.1, 0.15) is 0 Å². The van der Waals surface area contributed by atoms with Crippen LogP contribution in [0.25, 0.3) is 5.65 Å². The maximum atomic E-state index is 4.15. The van der Waals surface area contributed by atoms with Gasteiger partial charge in [-0.3, -0.25) is 4.40 Å². The third-order valence-corrected chi connectivity index (χ3v) is 2.77. The van der Waals surface area contributed by atoms with Crippen molar-refractivity contribution in [1.29, 1.82) is 0 Å². The van der Waals surface area contributed by atoms with Gasteiger partial charge < -0.3 is 0 Å². The summed E-state index contributed by atoms with van der Waals surface area (Å²) in [5.74, 6) is 0. The zero-order valence-corrected chi connectivity index (χ0v) is 9.33. The summed E-state index contributed by atoms with van der Waals surface area (Å²) in [6.45, 7) is 0. The number of aromatic nitrogens is 3. The third kappa shape index (κ3) is 1.31. The molecule has 0 saturated heterocycles. The highest BCUT2D eigenvalue weighted by Crippen LogP contribution is 2.16. The van der Waals surface area contributed by atoms with Crippen LogP contribution >= 0.6 is 34.4 Å². The van der Waals surface area contributed by atoms with E-state index in [1.54, 1.807) is 18.1 Å². The normalized spacial score (nSPS) is 10.8. The number of hydrogen-bond donors (Lipinski definition) is 0. The van der Waals surface area contributed by atoms with E-state index in [0.717, 1.165) is 10.8 Å². The summed E-state index contributed by atoms with van der Waals surface area (Å²) < 4.78 is 3.18. The summed E-state index contributed by atoms with van der Waals surface area (Å²) >= 11 is 3.89. The molecule has 0 spiro atoms. The molecule has 0 aliphatic rings. The Balaban J connectivity index is 2.78. The number of halogens is 1. The lowest BCUT2D eigenvalue weighted by molar-refractivity contribution is 0.869. The number of rotatable bonds is 1. The molecule has 0 aliphatic carbocycles. The summed E-state index contributed by atoms with van der Waals surface area (Å²) in [7, 11) is 0. The van der Waals surface area contributed by atoms with E-state index in [1.165, 1.54) is 3.57 Å². The van der Waals surface area contributed by atoms with E-state index in [2.05, 4.69) is 32.6 Å². The van der Waals surface area contributed by atoms with Crippen molar-refractivity contribution >= 4 is 40.0 Å². The predicted octanol–water partition coefficient (Wildman–Crippen LogP) is 2.06. The average molecular weight is 291 g/mol. The second-order valence-electron chi connectivity index (χ2n) is 2.25. The van der Waals surface area contributed by atoms with Gasteiger partial charge in [-0.1, -0.05) is 11.8 Å². The first-order valence-electron chi connectivity index (χ1n) is 3.34. The molecular formula is C7H6IN3S. The lowest BCUT2D eigenvalue weighted by Gasteiger charge is -1.98. The number of fused-ring (bicyclic) bond motifs is 1. The Bertz CT molecular complexity index is 412. The molecule has 0 atom stereocenters. The van der Waals surface area contributed by atoms with Gasteiger partial charge in [0.15, 0.2) is 5.16 Å². The van der Waals surface area contributed by atoms with Crippen LogP contribution in [0.5, 0.6) is 0 Å². The maximum absolute atomic E-state index is 4.15. The smallest absolute Gasteiger partial charge is 0.175 e. The summed E-state index contributed by atoms with van der Waals surface area (Å²) in [4.78, 5) is 8.29. The molecule has 0 saturated carbocycles. The first kappa shape index (κ1) is 8.31. The van der Waals surface area contributed by atoms with E-state index in [0.29, 0.717) is 0 Å². The SMILES string of the molecule is CSc1ncnc2cc(I)cn12. The van der Waals surface area contributed by atoms with Crippen LogP contribution in [-0.4, -0.2) is 20.6 Å². The lowest BCUT2D eigenvalue weighted by atomic mass is 10.6. The molecule has 0 bridgehead atoms. The van der Waals surface area contributed by atoms with E-state index in [1.807, 2.05) is 22.9 Å². The Labute approximate surface area is 87.7 Å². The van der Waals surface area contributed by atoms with Gasteiger partial charge in [0.1, 0.15) is 12.0 Å². The molecule has 0 amide bonds. The highest BCUT2D eigenvalue weighted by atomic mass is 127. The van der Waals surface area contributed by atoms with Crippen LogP contribution in [0.15, 0.2) is 23.7 Å². The van der Waals surface area contributed by atoms with E-state index in [-0.39, 0.29) is 0 Å². The van der Waals surface area contributed by atoms with Crippen molar-refractivity contribution in [1.82, 2.24) is 14.4 Å². The Morgan fingerprint density at radius 2 is 2.33 bits per heavy atom. The van der Waals surface area contributed by atoms with Crippen LogP contribution in [0.4, 0.5) is 0 Å². The molecule has 2 aromatic heterocycles. The van der Waals surface area contributed by atoms with Gasteiger partial charge in [-0.15, -0.1) is 0 Å². The van der Waals surface area contributed by atoms with Crippen molar-refractivity contribution in [2.75, 3.05) is 6.26 Å². The van der Waals surface area contributed by atoms with Gasteiger partial charge in [0, 0.05) is 9.77 Å². The molecule has 0 aliphatic heterocycles. The van der Waals surface area contributed by atoms with Crippen molar-refractivity contribution in [3.63, 3.8) is 0 Å². The molecule has 3 nitrogen and oxygen atoms in total. The van der Waals surface area contributed by atoms with Gasteiger partial charge in [-0.2, -0.15) is 0 Å². The Kier molecular flexibility index (Phi) is 2.22. The van der Waals surface area contributed by atoms with Crippen LogP contribution in [-0.2, 0) is 0 Å². The summed E-state index contributed by atoms with van der Waals surface area (Å²) in [6, 6.07) is 2.03. The standard InChI is InChI=1S/C7H6IN3S/c1-12-7-10-4-9-6-2-5(8)3-11(6)7/h2-4H,1H3. The molecule has 2 heterocycles. The van der Waals surface area contributed by atoms with Crippen LogP contribution < -0.4 is 0 Å². The molecule has 12 heavy (non-hydrogen) atoms. The topological polar surface area (TPSA) is 30.2 Å². The zero-order valence-electron chi connectivity index (χ0n) is 6.36. The van der Waals surface area contributed by atoms with Crippen LogP contribution in [0.2, 0.25) is 0 Å². The number of hydrogen-bond acceptors (Lipinski definition) is 3. The van der Waals surface area contributed by atoms with Crippen LogP contribution in [0, 0.1) is 3.57 Å². The third-order valence-electron chi connectivity index (χ3n) is 1.51. The molecule has 2 rings (SSSR count). The summed E-state index contributed by atoms with van der Waals surface area (Å²) in [5, 5.41) is 0.975. The first-order chi connectivity index (χ1) is 5.81.